The fourth-order valence-corrected chi connectivity index (χ4v) is 2.07. The lowest BCUT2D eigenvalue weighted by Gasteiger charge is -2.04. The van der Waals surface area contributed by atoms with Gasteiger partial charge in [0.05, 0.1) is 18.5 Å². The molecule has 1 N–H and O–H groups in total. The Kier molecular flexibility index (Phi) is 4.46. The first-order valence-corrected chi connectivity index (χ1v) is 6.70. The van der Waals surface area contributed by atoms with Crippen molar-refractivity contribution in [3.63, 3.8) is 0 Å². The second-order valence-corrected chi connectivity index (χ2v) is 4.65. The molecule has 0 aliphatic heterocycles. The molecule has 1 aromatic heterocycles. The zero-order chi connectivity index (χ0) is 13.7. The quantitative estimate of drug-likeness (QED) is 0.673. The number of halogens is 1. The summed E-state index contributed by atoms with van der Waals surface area (Å²) in [6, 6.07) is 4.71. The van der Waals surface area contributed by atoms with Crippen LogP contribution in [0, 0.1) is 12.7 Å². The maximum absolute atomic E-state index is 13.6. The summed E-state index contributed by atoms with van der Waals surface area (Å²) >= 11 is 1.47. The SMILES string of the molecule is CCOc1ccc(C=NNc2nc(C)cs2)cc1F. The molecular weight excluding hydrogens is 265 g/mol. The molecule has 0 unspecified atom stereocenters. The summed E-state index contributed by atoms with van der Waals surface area (Å²) < 4.78 is 18.7. The van der Waals surface area contributed by atoms with Crippen molar-refractivity contribution < 1.29 is 9.13 Å². The number of hydrazone groups is 1. The number of aryl methyl sites for hydroxylation is 1. The molecule has 100 valence electrons. The monoisotopic (exact) mass is 279 g/mol. The molecule has 0 spiro atoms. The molecule has 2 aromatic rings. The van der Waals surface area contributed by atoms with Gasteiger partial charge in [0, 0.05) is 5.38 Å². The second kappa shape index (κ2) is 6.29. The Morgan fingerprint density at radius 3 is 3.00 bits per heavy atom. The molecule has 0 saturated heterocycles. The maximum atomic E-state index is 13.6. The molecule has 6 heteroatoms. The Bertz CT molecular complexity index is 583. The summed E-state index contributed by atoms with van der Waals surface area (Å²) in [5, 5.41) is 6.64. The van der Waals surface area contributed by atoms with Gasteiger partial charge in [0.25, 0.3) is 0 Å². The summed E-state index contributed by atoms with van der Waals surface area (Å²) in [5.74, 6) is -0.140. The number of nitrogens with one attached hydrogen (secondary N) is 1. The van der Waals surface area contributed by atoms with E-state index in [1.54, 1.807) is 12.1 Å². The summed E-state index contributed by atoms with van der Waals surface area (Å²) in [4.78, 5) is 4.20. The van der Waals surface area contributed by atoms with Crippen molar-refractivity contribution in [2.45, 2.75) is 13.8 Å². The second-order valence-electron chi connectivity index (χ2n) is 3.79. The number of aromatic nitrogens is 1. The fourth-order valence-electron chi connectivity index (χ4n) is 1.44. The van der Waals surface area contributed by atoms with Crippen LogP contribution in [0.15, 0.2) is 28.7 Å². The van der Waals surface area contributed by atoms with E-state index in [0.29, 0.717) is 17.3 Å². The zero-order valence-electron chi connectivity index (χ0n) is 10.7. The van der Waals surface area contributed by atoms with Gasteiger partial charge in [-0.25, -0.2) is 9.37 Å². The third kappa shape index (κ3) is 3.75. The summed E-state index contributed by atoms with van der Waals surface area (Å²) in [6.07, 6.45) is 1.54. The standard InChI is InChI=1S/C13H14FN3OS/c1-3-18-12-5-4-10(6-11(12)14)7-15-17-13-16-9(2)8-19-13/h4-8H,3H2,1-2H3,(H,16,17). The van der Waals surface area contributed by atoms with Crippen LogP contribution in [0.25, 0.3) is 0 Å². The van der Waals surface area contributed by atoms with Gasteiger partial charge in [-0.1, -0.05) is 0 Å². The highest BCUT2D eigenvalue weighted by Crippen LogP contribution is 2.18. The Labute approximate surface area is 115 Å². The van der Waals surface area contributed by atoms with Crippen molar-refractivity contribution in [1.29, 1.82) is 0 Å². The third-order valence-electron chi connectivity index (χ3n) is 2.25. The van der Waals surface area contributed by atoms with Crippen molar-refractivity contribution in [1.82, 2.24) is 4.98 Å². The van der Waals surface area contributed by atoms with Crippen LogP contribution >= 0.6 is 11.3 Å². The summed E-state index contributed by atoms with van der Waals surface area (Å²) in [7, 11) is 0. The molecule has 0 amide bonds. The van der Waals surface area contributed by atoms with Gasteiger partial charge < -0.3 is 4.74 Å². The minimum absolute atomic E-state index is 0.253. The molecule has 0 aliphatic rings. The highest BCUT2D eigenvalue weighted by Gasteiger charge is 2.02. The van der Waals surface area contributed by atoms with E-state index in [-0.39, 0.29) is 5.75 Å². The summed E-state index contributed by atoms with van der Waals surface area (Å²) in [5.41, 5.74) is 4.39. The number of anilines is 1. The fraction of sp³-hybridized carbons (Fsp3) is 0.231. The first-order chi connectivity index (χ1) is 9.19. The van der Waals surface area contributed by atoms with Crippen LogP contribution in [-0.4, -0.2) is 17.8 Å². The smallest absolute Gasteiger partial charge is 0.203 e. The van der Waals surface area contributed by atoms with Gasteiger partial charge in [0.15, 0.2) is 11.6 Å². The van der Waals surface area contributed by atoms with Crippen molar-refractivity contribution >= 4 is 22.7 Å². The molecule has 0 saturated carbocycles. The molecule has 19 heavy (non-hydrogen) atoms. The molecule has 0 radical (unpaired) electrons. The number of hydrogen-bond acceptors (Lipinski definition) is 5. The topological polar surface area (TPSA) is 46.5 Å². The highest BCUT2D eigenvalue weighted by atomic mass is 32.1. The zero-order valence-corrected chi connectivity index (χ0v) is 11.5. The molecule has 0 bridgehead atoms. The molecule has 4 nitrogen and oxygen atoms in total. The molecular formula is C13H14FN3OS. The predicted molar refractivity (Wildman–Crippen MR) is 75.6 cm³/mol. The van der Waals surface area contributed by atoms with Crippen molar-refractivity contribution in [3.8, 4) is 5.75 Å². The van der Waals surface area contributed by atoms with E-state index in [2.05, 4.69) is 15.5 Å². The van der Waals surface area contributed by atoms with E-state index >= 15 is 0 Å². The van der Waals surface area contributed by atoms with Crippen molar-refractivity contribution in [2.24, 2.45) is 5.10 Å². The predicted octanol–water partition coefficient (Wildman–Crippen LogP) is 3.44. The molecule has 0 fully saturated rings. The Morgan fingerprint density at radius 2 is 2.37 bits per heavy atom. The van der Waals surface area contributed by atoms with Gasteiger partial charge in [-0.15, -0.1) is 11.3 Å². The van der Waals surface area contributed by atoms with E-state index in [4.69, 9.17) is 4.74 Å². The van der Waals surface area contributed by atoms with E-state index in [1.807, 2.05) is 19.2 Å². The average Bonchev–Trinajstić information content (AvgIpc) is 2.79. The van der Waals surface area contributed by atoms with Crippen molar-refractivity contribution in [2.75, 3.05) is 12.0 Å². The van der Waals surface area contributed by atoms with Gasteiger partial charge in [-0.2, -0.15) is 5.10 Å². The number of rotatable bonds is 5. The number of ether oxygens (including phenoxy) is 1. The number of thiazole rings is 1. The lowest BCUT2D eigenvalue weighted by Crippen LogP contribution is -1.96. The highest BCUT2D eigenvalue weighted by molar-refractivity contribution is 7.13. The van der Waals surface area contributed by atoms with Gasteiger partial charge >= 0.3 is 0 Å². The number of benzene rings is 1. The first kappa shape index (κ1) is 13.5. The minimum Gasteiger partial charge on any atom is -0.491 e. The maximum Gasteiger partial charge on any atom is 0.203 e. The number of nitrogens with zero attached hydrogens (tertiary/aromatic N) is 2. The average molecular weight is 279 g/mol. The third-order valence-corrected chi connectivity index (χ3v) is 3.11. The van der Waals surface area contributed by atoms with Crippen molar-refractivity contribution in [3.05, 3.63) is 40.7 Å². The van der Waals surface area contributed by atoms with E-state index in [0.717, 1.165) is 5.69 Å². The number of hydrogen-bond donors (Lipinski definition) is 1. The van der Waals surface area contributed by atoms with Crippen LogP contribution < -0.4 is 10.2 Å². The molecule has 1 heterocycles. The Hall–Kier alpha value is -1.95. The van der Waals surface area contributed by atoms with Crippen LogP contribution in [0.4, 0.5) is 9.52 Å². The van der Waals surface area contributed by atoms with E-state index < -0.39 is 5.82 Å². The van der Waals surface area contributed by atoms with E-state index in [1.165, 1.54) is 23.6 Å². The summed E-state index contributed by atoms with van der Waals surface area (Å²) in [6.45, 7) is 4.16. The lowest BCUT2D eigenvalue weighted by molar-refractivity contribution is 0.321. The van der Waals surface area contributed by atoms with Crippen LogP contribution in [0.1, 0.15) is 18.2 Å². The van der Waals surface area contributed by atoms with Gasteiger partial charge in [0.2, 0.25) is 5.13 Å². The van der Waals surface area contributed by atoms with Gasteiger partial charge in [-0.3, -0.25) is 5.43 Å². The normalized spacial score (nSPS) is 10.9. The Morgan fingerprint density at radius 1 is 1.53 bits per heavy atom. The lowest BCUT2D eigenvalue weighted by atomic mass is 10.2. The van der Waals surface area contributed by atoms with Crippen LogP contribution in [0.2, 0.25) is 0 Å². The molecule has 0 aliphatic carbocycles. The van der Waals surface area contributed by atoms with E-state index in [9.17, 15) is 4.39 Å². The molecule has 2 rings (SSSR count). The molecule has 1 aromatic carbocycles. The molecule has 0 atom stereocenters. The van der Waals surface area contributed by atoms with Gasteiger partial charge in [0.1, 0.15) is 0 Å². The Balaban J connectivity index is 2.00. The van der Waals surface area contributed by atoms with Crippen LogP contribution in [0.3, 0.4) is 0 Å². The minimum atomic E-state index is -0.393. The van der Waals surface area contributed by atoms with Crippen LogP contribution in [-0.2, 0) is 0 Å². The first-order valence-electron chi connectivity index (χ1n) is 5.82. The van der Waals surface area contributed by atoms with Gasteiger partial charge in [-0.05, 0) is 37.6 Å². The largest absolute Gasteiger partial charge is 0.491 e. The van der Waals surface area contributed by atoms with Crippen LogP contribution in [0.5, 0.6) is 5.75 Å².